The zero-order valence-corrected chi connectivity index (χ0v) is 9.27. The Morgan fingerprint density at radius 2 is 2.06 bits per heavy atom. The van der Waals surface area contributed by atoms with Crippen LogP contribution >= 0.6 is 0 Å². The smallest absolute Gasteiger partial charge is 0.346 e. The van der Waals surface area contributed by atoms with Crippen LogP contribution < -0.4 is 10.6 Å². The zero-order valence-electron chi connectivity index (χ0n) is 9.27. The van der Waals surface area contributed by atoms with Crippen LogP contribution in [0.25, 0.3) is 0 Å². The molecule has 0 spiro atoms. The van der Waals surface area contributed by atoms with E-state index in [0.717, 1.165) is 0 Å². The first-order valence-electron chi connectivity index (χ1n) is 5.07. The Hall–Kier alpha value is -2.14. The molecule has 5 nitrogen and oxygen atoms in total. The summed E-state index contributed by atoms with van der Waals surface area (Å²) in [5.74, 6) is -0.281. The van der Waals surface area contributed by atoms with Crippen LogP contribution in [0.1, 0.15) is 10.4 Å². The van der Waals surface area contributed by atoms with E-state index in [1.807, 2.05) is 6.07 Å². The van der Waals surface area contributed by atoms with E-state index in [-0.39, 0.29) is 18.1 Å². The summed E-state index contributed by atoms with van der Waals surface area (Å²) < 4.78 is 4.91. The molecule has 2 amide bonds. The SMILES string of the molecule is COCC1=C(C(=O)c2ccccc2)[N]C(=O)N1. The molecule has 1 aliphatic rings. The normalized spacial score (nSPS) is 14.5. The monoisotopic (exact) mass is 231 g/mol. The van der Waals surface area contributed by atoms with Gasteiger partial charge in [0.15, 0.2) is 0 Å². The summed E-state index contributed by atoms with van der Waals surface area (Å²) in [5.41, 5.74) is 1.03. The first-order chi connectivity index (χ1) is 8.22. The summed E-state index contributed by atoms with van der Waals surface area (Å²) in [7, 11) is 1.49. The van der Waals surface area contributed by atoms with Crippen LogP contribution in [0, 0.1) is 0 Å². The van der Waals surface area contributed by atoms with Gasteiger partial charge in [0.1, 0.15) is 5.70 Å². The van der Waals surface area contributed by atoms with Gasteiger partial charge in [-0.1, -0.05) is 30.3 Å². The molecule has 1 aromatic rings. The second-order valence-corrected chi connectivity index (χ2v) is 3.50. The molecule has 0 bridgehead atoms. The Kier molecular flexibility index (Phi) is 3.20. The van der Waals surface area contributed by atoms with Crippen molar-refractivity contribution in [1.29, 1.82) is 0 Å². The topological polar surface area (TPSA) is 69.5 Å². The second kappa shape index (κ2) is 4.80. The number of carbonyl (C=O) groups excluding carboxylic acids is 2. The minimum absolute atomic E-state index is 0.128. The van der Waals surface area contributed by atoms with Crippen molar-refractivity contribution >= 4 is 11.8 Å². The van der Waals surface area contributed by atoms with Crippen molar-refractivity contribution in [1.82, 2.24) is 10.6 Å². The number of hydrogen-bond donors (Lipinski definition) is 1. The van der Waals surface area contributed by atoms with Gasteiger partial charge in [-0.05, 0) is 0 Å². The van der Waals surface area contributed by atoms with Gasteiger partial charge >= 0.3 is 6.03 Å². The van der Waals surface area contributed by atoms with E-state index in [1.54, 1.807) is 24.3 Å². The zero-order chi connectivity index (χ0) is 12.3. The highest BCUT2D eigenvalue weighted by Gasteiger charge is 2.28. The quantitative estimate of drug-likeness (QED) is 0.787. The predicted molar refractivity (Wildman–Crippen MR) is 60.3 cm³/mol. The lowest BCUT2D eigenvalue weighted by atomic mass is 10.1. The molecule has 1 N–H and O–H groups in total. The fourth-order valence-corrected chi connectivity index (χ4v) is 1.55. The van der Waals surface area contributed by atoms with E-state index in [0.29, 0.717) is 11.3 Å². The number of ether oxygens (including phenoxy) is 1. The fraction of sp³-hybridized carbons (Fsp3) is 0.167. The van der Waals surface area contributed by atoms with Crippen molar-refractivity contribution in [2.45, 2.75) is 0 Å². The standard InChI is InChI=1S/C12H11N2O3/c1-17-7-9-10(14-12(16)13-9)11(15)8-5-3-2-4-6-8/h2-6H,7H2,1H3,(H,13,16). The van der Waals surface area contributed by atoms with E-state index < -0.39 is 6.03 Å². The van der Waals surface area contributed by atoms with Gasteiger partial charge in [-0.25, -0.2) is 4.79 Å². The van der Waals surface area contributed by atoms with Gasteiger partial charge in [-0.15, -0.1) is 0 Å². The molecule has 1 aliphatic heterocycles. The van der Waals surface area contributed by atoms with Gasteiger partial charge < -0.3 is 10.1 Å². The molecule has 0 unspecified atom stereocenters. The molecule has 1 aromatic carbocycles. The lowest BCUT2D eigenvalue weighted by Crippen LogP contribution is -2.20. The van der Waals surface area contributed by atoms with Gasteiger partial charge in [0.2, 0.25) is 5.78 Å². The molecular weight excluding hydrogens is 220 g/mol. The summed E-state index contributed by atoms with van der Waals surface area (Å²) in [6, 6.07) is 8.16. The van der Waals surface area contributed by atoms with E-state index >= 15 is 0 Å². The number of urea groups is 1. The Labute approximate surface area is 98.5 Å². The number of ketones is 1. The number of allylic oxidation sites excluding steroid dienone is 1. The van der Waals surface area contributed by atoms with Gasteiger partial charge in [-0.3, -0.25) is 4.79 Å². The summed E-state index contributed by atoms with van der Waals surface area (Å²) in [5, 5.41) is 6.15. The number of rotatable bonds is 4. The average Bonchev–Trinajstić information content (AvgIpc) is 2.71. The number of nitrogens with zero attached hydrogens (tertiary/aromatic N) is 1. The maximum atomic E-state index is 12.1. The Morgan fingerprint density at radius 1 is 1.35 bits per heavy atom. The van der Waals surface area contributed by atoms with Gasteiger partial charge in [0.25, 0.3) is 0 Å². The third-order valence-corrected chi connectivity index (χ3v) is 2.30. The number of Topliss-reactive ketones (excluding diaryl/α,β-unsaturated/α-hetero) is 1. The molecule has 5 heteroatoms. The predicted octanol–water partition coefficient (Wildman–Crippen LogP) is 1.05. The van der Waals surface area contributed by atoms with Crippen LogP contribution in [0.3, 0.4) is 0 Å². The van der Waals surface area contributed by atoms with Crippen LogP contribution in [0.15, 0.2) is 41.7 Å². The number of amides is 2. The van der Waals surface area contributed by atoms with Crippen LogP contribution in [0.2, 0.25) is 0 Å². The summed E-state index contributed by atoms with van der Waals surface area (Å²) in [6.07, 6.45) is 0. The highest BCUT2D eigenvalue weighted by Crippen LogP contribution is 2.14. The van der Waals surface area contributed by atoms with Crippen LogP contribution in [0.5, 0.6) is 0 Å². The van der Waals surface area contributed by atoms with Crippen LogP contribution in [-0.4, -0.2) is 25.5 Å². The third-order valence-electron chi connectivity index (χ3n) is 2.30. The van der Waals surface area contributed by atoms with Crippen molar-refractivity contribution in [3.8, 4) is 0 Å². The molecule has 0 saturated heterocycles. The molecule has 0 aromatic heterocycles. The molecule has 87 valence electrons. The molecule has 2 rings (SSSR count). The van der Waals surface area contributed by atoms with Crippen molar-refractivity contribution in [3.05, 3.63) is 47.3 Å². The second-order valence-electron chi connectivity index (χ2n) is 3.50. The lowest BCUT2D eigenvalue weighted by molar-refractivity contribution is 0.102. The van der Waals surface area contributed by atoms with Crippen molar-refractivity contribution in [2.24, 2.45) is 0 Å². The maximum Gasteiger partial charge on any atom is 0.346 e. The molecular formula is C12H11N2O3. The molecule has 1 radical (unpaired) electrons. The summed E-state index contributed by atoms with van der Waals surface area (Å²) in [6.45, 7) is 0.156. The molecule has 17 heavy (non-hydrogen) atoms. The molecule has 0 aliphatic carbocycles. The molecule has 0 fully saturated rings. The van der Waals surface area contributed by atoms with Crippen molar-refractivity contribution in [3.63, 3.8) is 0 Å². The average molecular weight is 231 g/mol. The van der Waals surface area contributed by atoms with Crippen molar-refractivity contribution < 1.29 is 14.3 Å². The number of methoxy groups -OCH3 is 1. The summed E-state index contributed by atoms with van der Waals surface area (Å²) in [4.78, 5) is 23.2. The van der Waals surface area contributed by atoms with Crippen LogP contribution in [0.4, 0.5) is 4.79 Å². The number of hydrogen-bond acceptors (Lipinski definition) is 3. The molecule has 0 saturated carbocycles. The van der Waals surface area contributed by atoms with Gasteiger partial charge in [-0.2, -0.15) is 5.32 Å². The fourth-order valence-electron chi connectivity index (χ4n) is 1.55. The summed E-state index contributed by atoms with van der Waals surface area (Å²) >= 11 is 0. The minimum atomic E-state index is -0.531. The minimum Gasteiger partial charge on any atom is -0.378 e. The molecule has 1 heterocycles. The Balaban J connectivity index is 2.29. The highest BCUT2D eigenvalue weighted by atomic mass is 16.5. The van der Waals surface area contributed by atoms with Gasteiger partial charge in [0, 0.05) is 12.7 Å². The van der Waals surface area contributed by atoms with Gasteiger partial charge in [0.05, 0.1) is 12.3 Å². The van der Waals surface area contributed by atoms with E-state index in [2.05, 4.69) is 10.6 Å². The highest BCUT2D eigenvalue weighted by molar-refractivity contribution is 6.12. The first-order valence-corrected chi connectivity index (χ1v) is 5.07. The maximum absolute atomic E-state index is 12.1. The van der Waals surface area contributed by atoms with Crippen LogP contribution in [-0.2, 0) is 4.74 Å². The number of nitrogens with one attached hydrogen (secondary N) is 1. The largest absolute Gasteiger partial charge is 0.378 e. The number of benzene rings is 1. The van der Waals surface area contributed by atoms with E-state index in [1.165, 1.54) is 7.11 Å². The third kappa shape index (κ3) is 2.34. The lowest BCUT2D eigenvalue weighted by Gasteiger charge is -2.03. The molecule has 0 atom stereocenters. The van der Waals surface area contributed by atoms with E-state index in [4.69, 9.17) is 4.74 Å². The van der Waals surface area contributed by atoms with Crippen molar-refractivity contribution in [2.75, 3.05) is 13.7 Å². The number of carbonyl (C=O) groups is 2. The Morgan fingerprint density at radius 3 is 2.71 bits per heavy atom. The Bertz CT molecular complexity index is 480. The van der Waals surface area contributed by atoms with E-state index in [9.17, 15) is 9.59 Å². The first kappa shape index (κ1) is 11.3.